The maximum Gasteiger partial charge on any atom is 0.149 e. The summed E-state index contributed by atoms with van der Waals surface area (Å²) < 4.78 is 2.37. The normalized spacial score (nSPS) is 33.1. The largest absolute Gasteiger partial charge is 0.314 e. The third-order valence-corrected chi connectivity index (χ3v) is 5.35. The number of rotatable bonds is 3. The molecule has 108 valence electrons. The van der Waals surface area contributed by atoms with Crippen molar-refractivity contribution in [3.8, 4) is 0 Å². The van der Waals surface area contributed by atoms with Gasteiger partial charge in [0.25, 0.3) is 0 Å². The standard InChI is InChI=1S/C16H24N4/c1-11(17-14-10-12-6-5-7-13(12)14)16-19-18-15-8-3-2-4-9-20(15)16/h5,7,11-14,17H,2-4,6,8-10H2,1H3. The summed E-state index contributed by atoms with van der Waals surface area (Å²) in [5.41, 5.74) is 0. The minimum atomic E-state index is 0.314. The van der Waals surface area contributed by atoms with E-state index >= 15 is 0 Å². The van der Waals surface area contributed by atoms with Gasteiger partial charge in [-0.05, 0) is 44.4 Å². The average molecular weight is 272 g/mol. The maximum absolute atomic E-state index is 4.47. The number of fused-ring (bicyclic) bond motifs is 2. The quantitative estimate of drug-likeness (QED) is 0.860. The summed E-state index contributed by atoms with van der Waals surface area (Å²) >= 11 is 0. The van der Waals surface area contributed by atoms with Crippen molar-refractivity contribution in [2.24, 2.45) is 11.8 Å². The van der Waals surface area contributed by atoms with Crippen LogP contribution in [0.1, 0.15) is 56.7 Å². The van der Waals surface area contributed by atoms with E-state index < -0.39 is 0 Å². The number of aromatic nitrogens is 3. The lowest BCUT2D eigenvalue weighted by atomic mass is 9.71. The Bertz CT molecular complexity index is 519. The lowest BCUT2D eigenvalue weighted by Gasteiger charge is -2.42. The van der Waals surface area contributed by atoms with E-state index in [1.165, 1.54) is 37.9 Å². The second kappa shape index (κ2) is 4.99. The van der Waals surface area contributed by atoms with Crippen molar-refractivity contribution in [2.75, 3.05) is 0 Å². The van der Waals surface area contributed by atoms with Crippen molar-refractivity contribution < 1.29 is 0 Å². The Balaban J connectivity index is 1.47. The highest BCUT2D eigenvalue weighted by Crippen LogP contribution is 2.43. The molecule has 20 heavy (non-hydrogen) atoms. The van der Waals surface area contributed by atoms with Crippen LogP contribution in [0, 0.1) is 11.8 Å². The molecule has 0 spiro atoms. The second-order valence-corrected chi connectivity index (χ2v) is 6.67. The Kier molecular flexibility index (Phi) is 3.14. The molecule has 1 saturated carbocycles. The molecule has 1 fully saturated rings. The van der Waals surface area contributed by atoms with Crippen LogP contribution in [0.2, 0.25) is 0 Å². The van der Waals surface area contributed by atoms with Crippen LogP contribution in [0.4, 0.5) is 0 Å². The molecule has 1 N–H and O–H groups in total. The summed E-state index contributed by atoms with van der Waals surface area (Å²) in [5, 5.41) is 12.7. The molecule has 4 unspecified atom stereocenters. The predicted molar refractivity (Wildman–Crippen MR) is 78.3 cm³/mol. The van der Waals surface area contributed by atoms with Crippen molar-refractivity contribution in [1.29, 1.82) is 0 Å². The number of hydrogen-bond donors (Lipinski definition) is 1. The molecule has 0 radical (unpaired) electrons. The summed E-state index contributed by atoms with van der Waals surface area (Å²) in [7, 11) is 0. The third-order valence-electron chi connectivity index (χ3n) is 5.35. The van der Waals surface area contributed by atoms with Crippen molar-refractivity contribution in [2.45, 2.75) is 64.1 Å². The van der Waals surface area contributed by atoms with Gasteiger partial charge in [0.1, 0.15) is 11.6 Å². The number of nitrogens with zero attached hydrogens (tertiary/aromatic N) is 3. The molecule has 0 bridgehead atoms. The first-order valence-electron chi connectivity index (χ1n) is 8.17. The second-order valence-electron chi connectivity index (χ2n) is 6.67. The first kappa shape index (κ1) is 12.6. The molecule has 1 aromatic rings. The van der Waals surface area contributed by atoms with E-state index in [9.17, 15) is 0 Å². The van der Waals surface area contributed by atoms with Crippen LogP contribution < -0.4 is 5.32 Å². The SMILES string of the molecule is CC(NC1CC2CC=CC21)c1nnc2n1CCCCC2. The van der Waals surface area contributed by atoms with Gasteiger partial charge in [0.2, 0.25) is 0 Å². The number of allylic oxidation sites excluding steroid dienone is 1. The monoisotopic (exact) mass is 272 g/mol. The molecule has 1 aliphatic heterocycles. The lowest BCUT2D eigenvalue weighted by molar-refractivity contribution is 0.150. The fraction of sp³-hybridized carbons (Fsp3) is 0.750. The highest BCUT2D eigenvalue weighted by molar-refractivity contribution is 5.14. The van der Waals surface area contributed by atoms with Gasteiger partial charge < -0.3 is 9.88 Å². The molecule has 4 heteroatoms. The Labute approximate surface area is 120 Å². The van der Waals surface area contributed by atoms with E-state index in [4.69, 9.17) is 0 Å². The van der Waals surface area contributed by atoms with Gasteiger partial charge in [0.15, 0.2) is 0 Å². The average Bonchev–Trinajstić information content (AvgIpc) is 2.93. The van der Waals surface area contributed by atoms with Gasteiger partial charge in [-0.3, -0.25) is 0 Å². The summed E-state index contributed by atoms with van der Waals surface area (Å²) in [6.07, 6.45) is 12.3. The summed E-state index contributed by atoms with van der Waals surface area (Å²) in [6, 6.07) is 0.960. The molecule has 2 aliphatic carbocycles. The van der Waals surface area contributed by atoms with Crippen LogP contribution in [0.25, 0.3) is 0 Å². The first-order chi connectivity index (χ1) is 9.83. The van der Waals surface area contributed by atoms with E-state index in [1.807, 2.05) is 0 Å². The molecule has 4 atom stereocenters. The van der Waals surface area contributed by atoms with E-state index in [0.29, 0.717) is 12.1 Å². The Hall–Kier alpha value is -1.16. The zero-order chi connectivity index (χ0) is 13.5. The Morgan fingerprint density at radius 3 is 3.15 bits per heavy atom. The lowest BCUT2D eigenvalue weighted by Crippen LogP contribution is -2.49. The van der Waals surface area contributed by atoms with E-state index in [-0.39, 0.29) is 0 Å². The molecule has 4 rings (SSSR count). The molecule has 4 nitrogen and oxygen atoms in total. The van der Waals surface area contributed by atoms with Crippen LogP contribution in [0.15, 0.2) is 12.2 Å². The maximum atomic E-state index is 4.47. The van der Waals surface area contributed by atoms with Crippen molar-refractivity contribution in [1.82, 2.24) is 20.1 Å². The molecular formula is C16H24N4. The minimum Gasteiger partial charge on any atom is -0.314 e. The van der Waals surface area contributed by atoms with Crippen LogP contribution in [0.5, 0.6) is 0 Å². The fourth-order valence-electron chi connectivity index (χ4n) is 4.13. The van der Waals surface area contributed by atoms with Gasteiger partial charge in [0.05, 0.1) is 6.04 Å². The number of hydrogen-bond acceptors (Lipinski definition) is 3. The predicted octanol–water partition coefficient (Wildman–Crippen LogP) is 2.62. The molecule has 0 aromatic carbocycles. The highest BCUT2D eigenvalue weighted by Gasteiger charge is 2.41. The van der Waals surface area contributed by atoms with Gasteiger partial charge >= 0.3 is 0 Å². The molecular weight excluding hydrogens is 248 g/mol. The van der Waals surface area contributed by atoms with Crippen molar-refractivity contribution >= 4 is 0 Å². The molecule has 0 saturated heterocycles. The Morgan fingerprint density at radius 1 is 1.30 bits per heavy atom. The number of nitrogens with one attached hydrogen (secondary N) is 1. The summed E-state index contributed by atoms with van der Waals surface area (Å²) in [6.45, 7) is 3.34. The van der Waals surface area contributed by atoms with Gasteiger partial charge in [-0.1, -0.05) is 18.6 Å². The van der Waals surface area contributed by atoms with E-state index in [1.54, 1.807) is 0 Å². The van der Waals surface area contributed by atoms with E-state index in [0.717, 1.165) is 30.6 Å². The highest BCUT2D eigenvalue weighted by atomic mass is 15.3. The first-order valence-corrected chi connectivity index (χ1v) is 8.17. The van der Waals surface area contributed by atoms with E-state index in [2.05, 4.69) is 39.2 Å². The molecule has 0 amide bonds. The van der Waals surface area contributed by atoms with Crippen LogP contribution in [-0.4, -0.2) is 20.8 Å². The zero-order valence-corrected chi connectivity index (χ0v) is 12.3. The van der Waals surface area contributed by atoms with Gasteiger partial charge in [-0.25, -0.2) is 0 Å². The molecule has 1 aromatic heterocycles. The Morgan fingerprint density at radius 2 is 2.25 bits per heavy atom. The van der Waals surface area contributed by atoms with Crippen LogP contribution in [0.3, 0.4) is 0 Å². The molecule has 2 heterocycles. The summed E-state index contributed by atoms with van der Waals surface area (Å²) in [5.74, 6) is 4.02. The van der Waals surface area contributed by atoms with Gasteiger partial charge in [-0.15, -0.1) is 10.2 Å². The van der Waals surface area contributed by atoms with Crippen LogP contribution >= 0.6 is 0 Å². The van der Waals surface area contributed by atoms with Gasteiger partial charge in [0, 0.05) is 19.0 Å². The number of aryl methyl sites for hydroxylation is 1. The van der Waals surface area contributed by atoms with Gasteiger partial charge in [-0.2, -0.15) is 0 Å². The zero-order valence-electron chi connectivity index (χ0n) is 12.3. The smallest absolute Gasteiger partial charge is 0.149 e. The van der Waals surface area contributed by atoms with Crippen LogP contribution in [-0.2, 0) is 13.0 Å². The molecule has 3 aliphatic rings. The minimum absolute atomic E-state index is 0.314. The van der Waals surface area contributed by atoms with Crippen molar-refractivity contribution in [3.63, 3.8) is 0 Å². The topological polar surface area (TPSA) is 42.7 Å². The summed E-state index contributed by atoms with van der Waals surface area (Å²) in [4.78, 5) is 0. The van der Waals surface area contributed by atoms with Crippen molar-refractivity contribution in [3.05, 3.63) is 23.8 Å². The fourth-order valence-corrected chi connectivity index (χ4v) is 4.13. The third kappa shape index (κ3) is 2.01.